The van der Waals surface area contributed by atoms with Crippen LogP contribution in [-0.4, -0.2) is 34.9 Å². The van der Waals surface area contributed by atoms with Crippen molar-refractivity contribution in [3.05, 3.63) is 23.9 Å². The molecule has 1 amide bonds. The number of thioether (sulfide) groups is 1. The smallest absolute Gasteiger partial charge is 0.251 e. The summed E-state index contributed by atoms with van der Waals surface area (Å²) in [6.07, 6.45) is 4.13. The highest BCUT2D eigenvalue weighted by Gasteiger charge is 2.16. The van der Waals surface area contributed by atoms with Gasteiger partial charge in [0.25, 0.3) is 5.91 Å². The molecule has 0 fully saturated rings. The highest BCUT2D eigenvalue weighted by Crippen LogP contribution is 2.13. The van der Waals surface area contributed by atoms with E-state index in [9.17, 15) is 4.79 Å². The minimum Gasteiger partial charge on any atom is -0.396 e. The lowest BCUT2D eigenvalue weighted by molar-refractivity contribution is 0.0916. The summed E-state index contributed by atoms with van der Waals surface area (Å²) in [4.78, 5) is 16.2. The zero-order chi connectivity index (χ0) is 13.5. The normalized spacial score (nSPS) is 12.5. The Kier molecular flexibility index (Phi) is 6.15. The Bertz CT molecular complexity index is 396. The quantitative estimate of drug-likeness (QED) is 0.774. The number of nitrogens with zero attached hydrogens (tertiary/aromatic N) is 1. The van der Waals surface area contributed by atoms with Crippen LogP contribution in [0.5, 0.6) is 0 Å². The minimum absolute atomic E-state index is 0.00612. The molecule has 2 N–H and O–H groups in total. The maximum atomic E-state index is 12.1. The molecule has 0 spiro atoms. The molecule has 0 radical (unpaired) electrons. The number of aliphatic hydroxyl groups excluding tert-OH is 1. The summed E-state index contributed by atoms with van der Waals surface area (Å²) in [7, 11) is 0. The number of hydrogen-bond donors (Lipinski definition) is 2. The van der Waals surface area contributed by atoms with Crippen LogP contribution in [0, 0.1) is 5.92 Å². The lowest BCUT2D eigenvalue weighted by atomic mass is 10.0. The van der Waals surface area contributed by atoms with E-state index in [1.165, 1.54) is 11.8 Å². The molecular formula is C13H20N2O2S. The van der Waals surface area contributed by atoms with Gasteiger partial charge in [0.1, 0.15) is 0 Å². The molecule has 0 aromatic carbocycles. The third-order valence-corrected chi connectivity index (χ3v) is 3.41. The van der Waals surface area contributed by atoms with E-state index in [1.807, 2.05) is 20.1 Å². The minimum atomic E-state index is -0.111. The number of aliphatic hydroxyl groups is 1. The van der Waals surface area contributed by atoms with Crippen LogP contribution < -0.4 is 5.32 Å². The number of carbonyl (C=O) groups is 1. The largest absolute Gasteiger partial charge is 0.396 e. The molecule has 0 aliphatic heterocycles. The van der Waals surface area contributed by atoms with Crippen LogP contribution in [-0.2, 0) is 0 Å². The molecule has 4 nitrogen and oxygen atoms in total. The van der Waals surface area contributed by atoms with Gasteiger partial charge in [0.15, 0.2) is 0 Å². The molecule has 18 heavy (non-hydrogen) atoms. The third kappa shape index (κ3) is 4.31. The van der Waals surface area contributed by atoms with E-state index in [4.69, 9.17) is 5.11 Å². The molecule has 0 saturated carbocycles. The third-order valence-electron chi connectivity index (χ3n) is 2.77. The topological polar surface area (TPSA) is 62.2 Å². The average Bonchev–Trinajstić information content (AvgIpc) is 2.38. The van der Waals surface area contributed by atoms with E-state index in [-0.39, 0.29) is 18.6 Å². The van der Waals surface area contributed by atoms with Crippen molar-refractivity contribution in [3.63, 3.8) is 0 Å². The highest BCUT2D eigenvalue weighted by molar-refractivity contribution is 7.98. The van der Waals surface area contributed by atoms with E-state index in [0.717, 1.165) is 5.03 Å². The molecule has 1 unspecified atom stereocenters. The zero-order valence-electron chi connectivity index (χ0n) is 11.0. The number of hydrogen-bond acceptors (Lipinski definition) is 4. The van der Waals surface area contributed by atoms with Crippen LogP contribution in [0.2, 0.25) is 0 Å². The molecule has 1 rings (SSSR count). The lowest BCUT2D eigenvalue weighted by Gasteiger charge is -2.21. The van der Waals surface area contributed by atoms with E-state index >= 15 is 0 Å². The van der Waals surface area contributed by atoms with Gasteiger partial charge < -0.3 is 10.4 Å². The van der Waals surface area contributed by atoms with E-state index in [1.54, 1.807) is 18.3 Å². The number of aromatic nitrogens is 1. The number of nitrogens with one attached hydrogen (secondary N) is 1. The molecule has 100 valence electrons. The molecule has 0 aliphatic rings. The van der Waals surface area contributed by atoms with Crippen LogP contribution in [0.4, 0.5) is 0 Å². The Labute approximate surface area is 112 Å². The van der Waals surface area contributed by atoms with Crippen molar-refractivity contribution in [3.8, 4) is 0 Å². The fourth-order valence-corrected chi connectivity index (χ4v) is 2.04. The first-order valence-electron chi connectivity index (χ1n) is 6.00. The van der Waals surface area contributed by atoms with Crippen molar-refractivity contribution in [2.75, 3.05) is 12.9 Å². The molecule has 0 aliphatic carbocycles. The van der Waals surface area contributed by atoms with Crippen molar-refractivity contribution < 1.29 is 9.90 Å². The monoisotopic (exact) mass is 268 g/mol. The number of carbonyl (C=O) groups excluding carboxylic acids is 1. The van der Waals surface area contributed by atoms with Gasteiger partial charge in [0.2, 0.25) is 0 Å². The Morgan fingerprint density at radius 2 is 2.28 bits per heavy atom. The van der Waals surface area contributed by atoms with E-state index < -0.39 is 0 Å². The van der Waals surface area contributed by atoms with Crippen molar-refractivity contribution in [1.29, 1.82) is 0 Å². The van der Waals surface area contributed by atoms with Gasteiger partial charge in [-0.25, -0.2) is 4.98 Å². The van der Waals surface area contributed by atoms with Crippen molar-refractivity contribution in [2.24, 2.45) is 5.92 Å². The fourth-order valence-electron chi connectivity index (χ4n) is 1.63. The molecule has 1 heterocycles. The number of pyridine rings is 1. The summed E-state index contributed by atoms with van der Waals surface area (Å²) < 4.78 is 0. The van der Waals surface area contributed by atoms with Gasteiger partial charge in [0, 0.05) is 24.4 Å². The van der Waals surface area contributed by atoms with Crippen LogP contribution in [0.1, 0.15) is 30.6 Å². The summed E-state index contributed by atoms with van der Waals surface area (Å²) in [6, 6.07) is 3.47. The fraction of sp³-hybridized carbons (Fsp3) is 0.538. The summed E-state index contributed by atoms with van der Waals surface area (Å²) in [6.45, 7) is 4.14. The summed E-state index contributed by atoms with van der Waals surface area (Å²) in [5.74, 6) is 0.183. The van der Waals surface area contributed by atoms with Gasteiger partial charge in [-0.05, 0) is 30.7 Å². The number of rotatable bonds is 6. The Balaban J connectivity index is 2.73. The second-order valence-electron chi connectivity index (χ2n) is 4.42. The molecule has 1 aromatic heterocycles. The average molecular weight is 268 g/mol. The second kappa shape index (κ2) is 7.38. The van der Waals surface area contributed by atoms with Crippen LogP contribution in [0.25, 0.3) is 0 Å². The highest BCUT2D eigenvalue weighted by atomic mass is 32.2. The Hall–Kier alpha value is -1.07. The number of amides is 1. The summed E-state index contributed by atoms with van der Waals surface area (Å²) in [5, 5.41) is 12.8. The lowest BCUT2D eigenvalue weighted by Crippen LogP contribution is -2.39. The van der Waals surface area contributed by atoms with Crippen LogP contribution in [0.3, 0.4) is 0 Å². The van der Waals surface area contributed by atoms with E-state index in [0.29, 0.717) is 17.9 Å². The molecule has 5 heteroatoms. The SMILES string of the molecule is CSc1cc(C(=O)NC(CCO)C(C)C)ccn1. The molecular weight excluding hydrogens is 248 g/mol. The Morgan fingerprint density at radius 1 is 1.56 bits per heavy atom. The zero-order valence-corrected chi connectivity index (χ0v) is 11.8. The first-order chi connectivity index (χ1) is 8.58. The molecule has 0 saturated heterocycles. The maximum Gasteiger partial charge on any atom is 0.251 e. The standard InChI is InChI=1S/C13H20N2O2S/c1-9(2)11(5-7-16)15-13(17)10-4-6-14-12(8-10)18-3/h4,6,8-9,11,16H,5,7H2,1-3H3,(H,15,17). The first kappa shape index (κ1) is 15.0. The van der Waals surface area contributed by atoms with Crippen molar-refractivity contribution >= 4 is 17.7 Å². The van der Waals surface area contributed by atoms with Crippen molar-refractivity contribution in [1.82, 2.24) is 10.3 Å². The van der Waals surface area contributed by atoms with E-state index in [2.05, 4.69) is 10.3 Å². The molecule has 0 bridgehead atoms. The van der Waals surface area contributed by atoms with Gasteiger partial charge in [-0.2, -0.15) is 0 Å². The van der Waals surface area contributed by atoms with Crippen LogP contribution in [0.15, 0.2) is 23.4 Å². The Morgan fingerprint density at radius 3 is 2.83 bits per heavy atom. The predicted octanol–water partition coefficient (Wildman–Crippen LogP) is 1.94. The maximum absolute atomic E-state index is 12.1. The summed E-state index contributed by atoms with van der Waals surface area (Å²) in [5.41, 5.74) is 0.609. The van der Waals surface area contributed by atoms with Gasteiger partial charge in [0.05, 0.1) is 5.03 Å². The van der Waals surface area contributed by atoms with Crippen molar-refractivity contribution in [2.45, 2.75) is 31.3 Å². The first-order valence-corrected chi connectivity index (χ1v) is 7.22. The van der Waals surface area contributed by atoms with Gasteiger partial charge in [-0.1, -0.05) is 13.8 Å². The molecule has 1 aromatic rings. The van der Waals surface area contributed by atoms with Gasteiger partial charge in [-0.15, -0.1) is 11.8 Å². The molecule has 1 atom stereocenters. The van der Waals surface area contributed by atoms with Crippen LogP contribution >= 0.6 is 11.8 Å². The summed E-state index contributed by atoms with van der Waals surface area (Å²) >= 11 is 1.50. The predicted molar refractivity (Wildman–Crippen MR) is 73.8 cm³/mol. The van der Waals surface area contributed by atoms with Gasteiger partial charge >= 0.3 is 0 Å². The van der Waals surface area contributed by atoms with Gasteiger partial charge in [-0.3, -0.25) is 4.79 Å². The second-order valence-corrected chi connectivity index (χ2v) is 5.25.